The Morgan fingerprint density at radius 2 is 1.25 bits per heavy atom. The number of aromatic nitrogens is 1. The molecule has 1 unspecified atom stereocenters. The number of hydrogen-bond donors (Lipinski definition) is 13. The zero-order valence-electron chi connectivity index (χ0n) is 39.4. The van der Waals surface area contributed by atoms with Gasteiger partial charge in [-0.25, -0.2) is 9.59 Å². The van der Waals surface area contributed by atoms with E-state index in [0.29, 0.717) is 0 Å². The topological polar surface area (TPSA) is 398 Å². The third-order valence-corrected chi connectivity index (χ3v) is 12.5. The van der Waals surface area contributed by atoms with Gasteiger partial charge in [0.05, 0.1) is 44.8 Å². The van der Waals surface area contributed by atoms with Crippen LogP contribution in [0.15, 0.2) is 40.2 Å². The molecule has 28 heteroatoms. The zero-order chi connectivity index (χ0) is 52.7. The standard InChI is InChI=1S/C44H64N10O17S/c55-35(22-51-11-13-52(23-37(58)59)15-17-54(25-39(62)63)18-16-53(14-12-51)24-38(60)61)46-21-28-20-33(50-71-28)41(65)47-32(19-27-26-72-34-7-2-1-5-29(27)34)40(64)45-10-4-3-6-30(42(66)67)48-44(70)49-31(43(68)69)8-9-36(56)57/h1-2,5,7,20,26,30-32,41,43,47,65,68-69H,3-4,6,8-19,21-25H2,(H,45,64)(H,46,55)(H,56,57)(H,58,59)(H,60,61)(H,62,63)(H,66,67)(H2,48,49,70)/t30-,31-,32-,41?/m0/s1. The lowest BCUT2D eigenvalue weighted by Crippen LogP contribution is -2.52. The van der Waals surface area contributed by atoms with Crippen molar-refractivity contribution in [2.75, 3.05) is 85.1 Å². The Balaban J connectivity index is 1.35. The van der Waals surface area contributed by atoms with E-state index in [2.05, 4.69) is 31.7 Å². The van der Waals surface area contributed by atoms with Crippen LogP contribution in [0.4, 0.5) is 4.79 Å². The average Bonchev–Trinajstić information content (AvgIpc) is 3.96. The molecule has 1 fully saturated rings. The molecule has 13 N–H and O–H groups in total. The van der Waals surface area contributed by atoms with Crippen molar-refractivity contribution in [3.8, 4) is 0 Å². The van der Waals surface area contributed by atoms with Crippen LogP contribution in [0.3, 0.4) is 0 Å². The van der Waals surface area contributed by atoms with Gasteiger partial charge in [0.2, 0.25) is 11.8 Å². The number of fused-ring (bicyclic) bond motifs is 1. The predicted octanol–water partition coefficient (Wildman–Crippen LogP) is -2.24. The number of nitrogens with zero attached hydrogens (tertiary/aromatic N) is 5. The number of thiophene rings is 1. The number of amides is 4. The van der Waals surface area contributed by atoms with Crippen LogP contribution in [-0.2, 0) is 46.5 Å². The molecule has 1 aliphatic heterocycles. The second kappa shape index (κ2) is 29.8. The first-order chi connectivity index (χ1) is 34.3. The highest BCUT2D eigenvalue weighted by Crippen LogP contribution is 2.27. The van der Waals surface area contributed by atoms with E-state index < -0.39 is 84.8 Å². The fraction of sp³-hybridized carbons (Fsp3) is 0.568. The van der Waals surface area contributed by atoms with Crippen molar-refractivity contribution in [3.05, 3.63) is 52.7 Å². The van der Waals surface area contributed by atoms with E-state index in [1.165, 1.54) is 17.4 Å². The minimum absolute atomic E-state index is 0.00721. The number of aliphatic hydroxyl groups is 3. The van der Waals surface area contributed by atoms with E-state index in [1.54, 1.807) is 19.6 Å². The molecule has 0 bridgehead atoms. The van der Waals surface area contributed by atoms with Gasteiger partial charge in [0.15, 0.2) is 18.3 Å². The van der Waals surface area contributed by atoms with Gasteiger partial charge in [-0.2, -0.15) is 0 Å². The van der Waals surface area contributed by atoms with E-state index in [0.717, 1.165) is 15.6 Å². The monoisotopic (exact) mass is 1040 g/mol. The number of carboxylic acid groups (broad SMARTS) is 5. The Morgan fingerprint density at radius 1 is 0.681 bits per heavy atom. The van der Waals surface area contributed by atoms with Crippen LogP contribution in [0, 0.1) is 0 Å². The normalized spacial score (nSPS) is 16.4. The minimum atomic E-state index is -2.09. The van der Waals surface area contributed by atoms with E-state index in [-0.39, 0.29) is 135 Å². The van der Waals surface area contributed by atoms with Gasteiger partial charge in [0.1, 0.15) is 11.7 Å². The van der Waals surface area contributed by atoms with Crippen LogP contribution in [0.25, 0.3) is 10.1 Å². The first-order valence-corrected chi connectivity index (χ1v) is 24.0. The van der Waals surface area contributed by atoms with Gasteiger partial charge in [-0.05, 0) is 54.5 Å². The van der Waals surface area contributed by atoms with Gasteiger partial charge in [-0.3, -0.25) is 53.7 Å². The Hall–Kier alpha value is -6.37. The molecular weight excluding hydrogens is 973 g/mol. The molecule has 1 aliphatic rings. The van der Waals surface area contributed by atoms with Crippen molar-refractivity contribution in [2.45, 2.75) is 75.7 Å². The van der Waals surface area contributed by atoms with E-state index >= 15 is 0 Å². The molecule has 1 saturated heterocycles. The lowest BCUT2D eigenvalue weighted by molar-refractivity contribution is -0.140. The molecule has 2 aromatic heterocycles. The molecule has 0 radical (unpaired) electrons. The summed E-state index contributed by atoms with van der Waals surface area (Å²) in [7, 11) is 0. The number of unbranched alkanes of at least 4 members (excludes halogenated alkanes) is 1. The highest BCUT2D eigenvalue weighted by molar-refractivity contribution is 7.17. The summed E-state index contributed by atoms with van der Waals surface area (Å²) in [5, 5.41) is 96.8. The van der Waals surface area contributed by atoms with Gasteiger partial charge in [0.25, 0.3) is 0 Å². The highest BCUT2D eigenvalue weighted by Gasteiger charge is 2.28. The van der Waals surface area contributed by atoms with Crippen LogP contribution in [0.5, 0.6) is 0 Å². The molecule has 4 amide bonds. The Kier molecular flexibility index (Phi) is 24.1. The summed E-state index contributed by atoms with van der Waals surface area (Å²) >= 11 is 1.47. The second-order valence-electron chi connectivity index (χ2n) is 17.1. The first-order valence-electron chi connectivity index (χ1n) is 23.1. The zero-order valence-corrected chi connectivity index (χ0v) is 40.2. The average molecular weight is 1040 g/mol. The van der Waals surface area contributed by atoms with Crippen molar-refractivity contribution in [1.29, 1.82) is 0 Å². The molecule has 72 heavy (non-hydrogen) atoms. The maximum Gasteiger partial charge on any atom is 0.326 e. The molecule has 4 rings (SSSR count). The predicted molar refractivity (Wildman–Crippen MR) is 253 cm³/mol. The highest BCUT2D eigenvalue weighted by atomic mass is 32.1. The molecule has 4 atom stereocenters. The van der Waals surface area contributed by atoms with Crippen LogP contribution >= 0.6 is 11.3 Å². The smallest absolute Gasteiger partial charge is 0.326 e. The molecule has 398 valence electrons. The van der Waals surface area contributed by atoms with Gasteiger partial charge < -0.3 is 66.6 Å². The molecule has 1 aromatic carbocycles. The van der Waals surface area contributed by atoms with Gasteiger partial charge in [-0.15, -0.1) is 11.3 Å². The lowest BCUT2D eigenvalue weighted by atomic mass is 10.0. The number of carbonyl (C=O) groups is 8. The number of aliphatic carboxylic acids is 5. The number of benzene rings is 1. The summed E-state index contributed by atoms with van der Waals surface area (Å²) in [6.07, 6.45) is -3.90. The number of carboxylic acids is 5. The third kappa shape index (κ3) is 21.2. The Morgan fingerprint density at radius 3 is 1.79 bits per heavy atom. The van der Waals surface area contributed by atoms with Crippen molar-refractivity contribution in [3.63, 3.8) is 0 Å². The third-order valence-electron chi connectivity index (χ3n) is 11.5. The molecule has 0 aliphatic carbocycles. The number of carbonyl (C=O) groups excluding carboxylic acids is 3. The first kappa shape index (κ1) is 58.2. The molecule has 0 saturated carbocycles. The maximum atomic E-state index is 13.7. The summed E-state index contributed by atoms with van der Waals surface area (Å²) in [5.74, 6) is -6.67. The van der Waals surface area contributed by atoms with Crippen molar-refractivity contribution in [2.24, 2.45) is 0 Å². The number of urea groups is 1. The van der Waals surface area contributed by atoms with Crippen LogP contribution in [0.1, 0.15) is 55.3 Å². The van der Waals surface area contributed by atoms with Crippen LogP contribution in [0.2, 0.25) is 0 Å². The molecule has 0 spiro atoms. The van der Waals surface area contributed by atoms with Crippen LogP contribution < -0.4 is 26.6 Å². The van der Waals surface area contributed by atoms with E-state index in [1.807, 2.05) is 29.6 Å². The SMILES string of the molecule is O=C(O)CC[C@H](NC(=O)N[C@@H](CCCCNC(=O)[C@H](Cc1csc2ccccc12)NC(O)c1cc(CNC(=O)CN2CCN(CC(=O)O)CCN(CC(=O)O)CCN(CC(=O)O)CC2)on1)C(=O)O)C(O)O. The summed E-state index contributed by atoms with van der Waals surface area (Å²) in [6.45, 7) is 0.563. The van der Waals surface area contributed by atoms with Gasteiger partial charge in [0, 0.05) is 76.1 Å². The Labute approximate surface area is 416 Å². The second-order valence-corrected chi connectivity index (χ2v) is 18.0. The van der Waals surface area contributed by atoms with Crippen molar-refractivity contribution >= 4 is 69.1 Å². The summed E-state index contributed by atoms with van der Waals surface area (Å²) < 4.78 is 6.38. The molecule has 27 nitrogen and oxygen atoms in total. The summed E-state index contributed by atoms with van der Waals surface area (Å²) in [5.41, 5.74) is 0.808. The minimum Gasteiger partial charge on any atom is -0.481 e. The van der Waals surface area contributed by atoms with Gasteiger partial charge in [-0.1, -0.05) is 23.4 Å². The quantitative estimate of drug-likeness (QED) is 0.0270. The number of aliphatic hydroxyl groups excluding tert-OH is 2. The maximum absolute atomic E-state index is 13.7. The molecular formula is C44H64N10O17S. The Bertz CT molecular complexity index is 2250. The molecule has 3 aromatic rings. The fourth-order valence-corrected chi connectivity index (χ4v) is 8.67. The van der Waals surface area contributed by atoms with Crippen molar-refractivity contribution < 1.29 is 83.7 Å². The van der Waals surface area contributed by atoms with Gasteiger partial charge >= 0.3 is 35.9 Å². The number of nitrogens with one attached hydrogen (secondary N) is 5. The fourth-order valence-electron chi connectivity index (χ4n) is 7.69. The lowest BCUT2D eigenvalue weighted by Gasteiger charge is -2.32. The van der Waals surface area contributed by atoms with E-state index in [4.69, 9.17) is 9.63 Å². The van der Waals surface area contributed by atoms with Crippen LogP contribution in [-0.4, -0.2) is 223 Å². The largest absolute Gasteiger partial charge is 0.481 e. The van der Waals surface area contributed by atoms with Crippen molar-refractivity contribution in [1.82, 2.24) is 51.3 Å². The summed E-state index contributed by atoms with van der Waals surface area (Å²) in [4.78, 5) is 104. The summed E-state index contributed by atoms with van der Waals surface area (Å²) in [6, 6.07) is 4.10. The molecule has 3 heterocycles. The number of hydrogen-bond acceptors (Lipinski definition) is 19. The van der Waals surface area contributed by atoms with E-state index in [9.17, 15) is 74.1 Å². The number of rotatable bonds is 28.